The van der Waals surface area contributed by atoms with Crippen molar-refractivity contribution < 1.29 is 14.3 Å². The monoisotopic (exact) mass is 339 g/mol. The number of aryl methyl sites for hydroxylation is 1. The Balaban J connectivity index is 1.58. The van der Waals surface area contributed by atoms with Crippen molar-refractivity contribution in [3.05, 3.63) is 48.3 Å². The summed E-state index contributed by atoms with van der Waals surface area (Å²) in [4.78, 5) is 27.6. The first-order valence-corrected chi connectivity index (χ1v) is 8.38. The molecule has 0 spiro atoms. The van der Waals surface area contributed by atoms with E-state index in [9.17, 15) is 9.59 Å². The number of anilines is 1. The number of nitrogens with one attached hydrogen (secondary N) is 2. The number of benzene rings is 1. The van der Waals surface area contributed by atoms with Crippen LogP contribution in [0.1, 0.15) is 31.2 Å². The Morgan fingerprint density at radius 3 is 3.00 bits per heavy atom. The van der Waals surface area contributed by atoms with Crippen molar-refractivity contribution in [2.24, 2.45) is 0 Å². The number of piperidine rings is 1. The van der Waals surface area contributed by atoms with Crippen molar-refractivity contribution in [2.45, 2.75) is 38.6 Å². The molecule has 6 heteroatoms. The van der Waals surface area contributed by atoms with Crippen LogP contribution in [-0.4, -0.2) is 22.8 Å². The maximum absolute atomic E-state index is 12.2. The second-order valence-corrected chi connectivity index (χ2v) is 6.18. The average molecular weight is 339 g/mol. The van der Waals surface area contributed by atoms with Crippen LogP contribution in [0.4, 0.5) is 5.69 Å². The summed E-state index contributed by atoms with van der Waals surface area (Å²) >= 11 is 0. The highest BCUT2D eigenvalue weighted by atomic mass is 16.5. The molecule has 25 heavy (non-hydrogen) atoms. The molecule has 1 aromatic heterocycles. The molecule has 0 aliphatic carbocycles. The third-order valence-corrected chi connectivity index (χ3v) is 4.07. The Labute approximate surface area is 146 Å². The molecule has 1 aromatic carbocycles. The summed E-state index contributed by atoms with van der Waals surface area (Å²) < 4.78 is 5.78. The van der Waals surface area contributed by atoms with E-state index in [1.807, 2.05) is 31.2 Å². The van der Waals surface area contributed by atoms with Crippen molar-refractivity contribution in [2.75, 3.05) is 5.32 Å². The number of hydrogen-bond acceptors (Lipinski definition) is 4. The number of nitrogens with zero attached hydrogens (tertiary/aromatic N) is 1. The largest absolute Gasteiger partial charge is 0.455 e. The van der Waals surface area contributed by atoms with Gasteiger partial charge in [0.15, 0.2) is 0 Å². The molecule has 2 heterocycles. The summed E-state index contributed by atoms with van der Waals surface area (Å²) in [7, 11) is 0. The van der Waals surface area contributed by atoms with Gasteiger partial charge in [-0.2, -0.15) is 0 Å². The smallest absolute Gasteiger partial charge is 0.226 e. The Hall–Kier alpha value is -2.89. The lowest BCUT2D eigenvalue weighted by molar-refractivity contribution is -0.124. The minimum absolute atomic E-state index is 0.0248. The standard InChI is InChI=1S/C19H21N3O3/c1-13-10-15(7-8-17(13)25-16-5-3-9-20-12-16)22-19(24)11-14-4-2-6-18(23)21-14/h3,5,7-10,12,14H,2,4,6,11H2,1H3,(H,21,23)(H,22,24). The van der Waals surface area contributed by atoms with Gasteiger partial charge >= 0.3 is 0 Å². The van der Waals surface area contributed by atoms with Crippen LogP contribution in [0.25, 0.3) is 0 Å². The Kier molecular flexibility index (Phi) is 5.28. The van der Waals surface area contributed by atoms with E-state index in [0.717, 1.165) is 18.4 Å². The molecule has 2 amide bonds. The minimum atomic E-state index is -0.104. The molecule has 1 fully saturated rings. The maximum Gasteiger partial charge on any atom is 0.226 e. The number of aromatic nitrogens is 1. The van der Waals surface area contributed by atoms with Gasteiger partial charge in [-0.05, 0) is 55.7 Å². The third-order valence-electron chi connectivity index (χ3n) is 4.07. The Morgan fingerprint density at radius 1 is 1.40 bits per heavy atom. The first kappa shape index (κ1) is 17.0. The topological polar surface area (TPSA) is 80.3 Å². The molecule has 6 nitrogen and oxygen atoms in total. The van der Waals surface area contributed by atoms with Gasteiger partial charge in [0.2, 0.25) is 11.8 Å². The van der Waals surface area contributed by atoms with Crippen molar-refractivity contribution in [3.63, 3.8) is 0 Å². The molecular weight excluding hydrogens is 318 g/mol. The van der Waals surface area contributed by atoms with E-state index in [2.05, 4.69) is 15.6 Å². The first-order valence-electron chi connectivity index (χ1n) is 8.38. The fourth-order valence-electron chi connectivity index (χ4n) is 2.85. The molecule has 3 rings (SSSR count). The van der Waals surface area contributed by atoms with Gasteiger partial charge in [-0.1, -0.05) is 0 Å². The molecule has 1 atom stereocenters. The number of carbonyl (C=O) groups is 2. The predicted octanol–water partition coefficient (Wildman–Crippen LogP) is 3.18. The second-order valence-electron chi connectivity index (χ2n) is 6.18. The summed E-state index contributed by atoms with van der Waals surface area (Å²) in [6.45, 7) is 1.92. The second kappa shape index (κ2) is 7.79. The highest BCUT2D eigenvalue weighted by Crippen LogP contribution is 2.27. The van der Waals surface area contributed by atoms with Crippen LogP contribution in [0.5, 0.6) is 11.5 Å². The molecule has 0 bridgehead atoms. The van der Waals surface area contributed by atoms with E-state index in [1.54, 1.807) is 18.5 Å². The normalized spacial score (nSPS) is 16.8. The molecule has 130 valence electrons. The molecule has 0 radical (unpaired) electrons. The Bertz CT molecular complexity index is 762. The van der Waals surface area contributed by atoms with Crippen LogP contribution in [0.15, 0.2) is 42.7 Å². The summed E-state index contributed by atoms with van der Waals surface area (Å²) in [6, 6.07) is 9.05. The number of rotatable bonds is 5. The highest BCUT2D eigenvalue weighted by molar-refractivity contribution is 5.91. The number of amides is 2. The van der Waals surface area contributed by atoms with Crippen molar-refractivity contribution >= 4 is 17.5 Å². The van der Waals surface area contributed by atoms with Crippen molar-refractivity contribution in [1.29, 1.82) is 0 Å². The zero-order valence-electron chi connectivity index (χ0n) is 14.1. The number of ether oxygens (including phenoxy) is 1. The lowest BCUT2D eigenvalue weighted by Crippen LogP contribution is -2.40. The van der Waals surface area contributed by atoms with Crippen LogP contribution in [0.3, 0.4) is 0 Å². The molecular formula is C19H21N3O3. The lowest BCUT2D eigenvalue weighted by Gasteiger charge is -2.22. The maximum atomic E-state index is 12.2. The Morgan fingerprint density at radius 2 is 2.28 bits per heavy atom. The molecule has 1 aliphatic heterocycles. The van der Waals surface area contributed by atoms with E-state index in [0.29, 0.717) is 30.0 Å². The molecule has 1 aliphatic rings. The zero-order chi connectivity index (χ0) is 17.6. The van der Waals surface area contributed by atoms with Crippen LogP contribution in [-0.2, 0) is 9.59 Å². The summed E-state index contributed by atoms with van der Waals surface area (Å²) in [5, 5.41) is 5.73. The highest BCUT2D eigenvalue weighted by Gasteiger charge is 2.20. The van der Waals surface area contributed by atoms with Crippen molar-refractivity contribution in [3.8, 4) is 11.5 Å². The predicted molar refractivity (Wildman–Crippen MR) is 94.5 cm³/mol. The van der Waals surface area contributed by atoms with E-state index in [4.69, 9.17) is 4.74 Å². The van der Waals surface area contributed by atoms with Crippen LogP contribution in [0, 0.1) is 6.92 Å². The zero-order valence-corrected chi connectivity index (χ0v) is 14.1. The lowest BCUT2D eigenvalue weighted by atomic mass is 10.0. The van der Waals surface area contributed by atoms with Gasteiger partial charge in [0, 0.05) is 30.8 Å². The van der Waals surface area contributed by atoms with Crippen LogP contribution >= 0.6 is 0 Å². The fourth-order valence-corrected chi connectivity index (χ4v) is 2.85. The number of pyridine rings is 1. The minimum Gasteiger partial charge on any atom is -0.455 e. The third kappa shape index (κ3) is 4.79. The van der Waals surface area contributed by atoms with Gasteiger partial charge in [0.25, 0.3) is 0 Å². The molecule has 0 saturated carbocycles. The van der Waals surface area contributed by atoms with Crippen LogP contribution in [0.2, 0.25) is 0 Å². The van der Waals surface area contributed by atoms with Crippen molar-refractivity contribution in [1.82, 2.24) is 10.3 Å². The van der Waals surface area contributed by atoms with E-state index >= 15 is 0 Å². The quantitative estimate of drug-likeness (QED) is 0.877. The average Bonchev–Trinajstić information content (AvgIpc) is 2.58. The van der Waals surface area contributed by atoms with Gasteiger partial charge in [-0.25, -0.2) is 0 Å². The van der Waals surface area contributed by atoms with Crippen LogP contribution < -0.4 is 15.4 Å². The summed E-state index contributed by atoms with van der Waals surface area (Å²) in [5.74, 6) is 1.30. The number of carbonyl (C=O) groups excluding carboxylic acids is 2. The van der Waals surface area contributed by atoms with E-state index in [1.165, 1.54) is 0 Å². The van der Waals surface area contributed by atoms with Gasteiger partial charge in [0.1, 0.15) is 11.5 Å². The molecule has 2 N–H and O–H groups in total. The molecule has 1 saturated heterocycles. The van der Waals surface area contributed by atoms with E-state index in [-0.39, 0.29) is 17.9 Å². The summed E-state index contributed by atoms with van der Waals surface area (Å²) in [5.41, 5.74) is 1.62. The summed E-state index contributed by atoms with van der Waals surface area (Å²) in [6.07, 6.45) is 5.86. The number of hydrogen-bond donors (Lipinski definition) is 2. The van der Waals surface area contributed by atoms with Gasteiger partial charge in [-0.15, -0.1) is 0 Å². The van der Waals surface area contributed by atoms with E-state index < -0.39 is 0 Å². The molecule has 2 aromatic rings. The molecule has 1 unspecified atom stereocenters. The van der Waals surface area contributed by atoms with Gasteiger partial charge < -0.3 is 15.4 Å². The SMILES string of the molecule is Cc1cc(NC(=O)CC2CCCC(=O)N2)ccc1Oc1cccnc1. The first-order chi connectivity index (χ1) is 12.1. The van der Waals surface area contributed by atoms with Gasteiger partial charge in [-0.3, -0.25) is 14.6 Å². The fraction of sp³-hybridized carbons (Fsp3) is 0.316. The van der Waals surface area contributed by atoms with Gasteiger partial charge in [0.05, 0.1) is 6.20 Å².